The van der Waals surface area contributed by atoms with Gasteiger partial charge in [-0.15, -0.1) is 0 Å². The van der Waals surface area contributed by atoms with Crippen LogP contribution in [0.25, 0.3) is 0 Å². The lowest BCUT2D eigenvalue weighted by Gasteiger charge is -2.37. The molecule has 1 aromatic rings. The van der Waals surface area contributed by atoms with Gasteiger partial charge in [-0.25, -0.2) is 0 Å². The molecule has 1 heterocycles. The summed E-state index contributed by atoms with van der Waals surface area (Å²) in [5, 5.41) is 10.9. The maximum absolute atomic E-state index is 12.6. The second-order valence-electron chi connectivity index (χ2n) is 4.85. The van der Waals surface area contributed by atoms with Crippen molar-refractivity contribution >= 4 is 27.5 Å². The summed E-state index contributed by atoms with van der Waals surface area (Å²) in [5.41, 5.74) is 0.199. The summed E-state index contributed by atoms with van der Waals surface area (Å²) >= 11 is 3.16. The van der Waals surface area contributed by atoms with Gasteiger partial charge in [-0.2, -0.15) is 0 Å². The fourth-order valence-electron chi connectivity index (χ4n) is 2.17. The molecule has 0 aromatic heterocycles. The molecule has 0 radical (unpaired) electrons. The van der Waals surface area contributed by atoms with Crippen LogP contribution in [0.15, 0.2) is 22.7 Å². The third-order valence-electron chi connectivity index (χ3n) is 3.27. The van der Waals surface area contributed by atoms with Crippen molar-refractivity contribution in [3.05, 3.63) is 38.3 Å². The quantitative estimate of drug-likeness (QED) is 0.611. The van der Waals surface area contributed by atoms with Gasteiger partial charge < -0.3 is 9.64 Å². The Hall–Kier alpha value is -1.47. The number of hydrogen-bond acceptors (Lipinski definition) is 4. The minimum absolute atomic E-state index is 0.0346. The average Bonchev–Trinajstić information content (AvgIpc) is 2.40. The summed E-state index contributed by atoms with van der Waals surface area (Å²) in [6, 6.07) is 4.42. The Kier molecular flexibility index (Phi) is 4.39. The van der Waals surface area contributed by atoms with Crippen molar-refractivity contribution < 1.29 is 14.5 Å². The summed E-state index contributed by atoms with van der Waals surface area (Å²) < 4.78 is 5.71. The lowest BCUT2D eigenvalue weighted by Crippen LogP contribution is -2.50. The number of ether oxygens (including phenoxy) is 1. The smallest absolute Gasteiger partial charge is 0.284 e. The molecule has 0 aliphatic carbocycles. The molecule has 108 valence electrons. The number of nitro groups is 1. The van der Waals surface area contributed by atoms with Gasteiger partial charge in [0.2, 0.25) is 0 Å². The second kappa shape index (κ2) is 5.88. The highest BCUT2D eigenvalue weighted by molar-refractivity contribution is 9.10. The van der Waals surface area contributed by atoms with Gasteiger partial charge in [0.1, 0.15) is 4.47 Å². The number of nitro benzene ring substituents is 1. The summed E-state index contributed by atoms with van der Waals surface area (Å²) in [6.07, 6.45) is -0.0346. The number of hydrogen-bond donors (Lipinski definition) is 0. The molecular weight excluding hydrogens is 328 g/mol. The number of halogens is 1. The van der Waals surface area contributed by atoms with E-state index in [0.29, 0.717) is 18.7 Å². The Morgan fingerprint density at radius 3 is 2.85 bits per heavy atom. The Morgan fingerprint density at radius 2 is 2.20 bits per heavy atom. The third-order valence-corrected chi connectivity index (χ3v) is 4.11. The predicted octanol–water partition coefficient (Wildman–Crippen LogP) is 2.61. The van der Waals surface area contributed by atoms with Crippen LogP contribution >= 0.6 is 15.9 Å². The molecule has 1 saturated heterocycles. The summed E-state index contributed by atoms with van der Waals surface area (Å²) in [5.74, 6) is -0.219. The first-order valence-electron chi connectivity index (χ1n) is 6.27. The van der Waals surface area contributed by atoms with Gasteiger partial charge >= 0.3 is 0 Å². The molecule has 1 amide bonds. The number of carbonyl (C=O) groups excluding carboxylic acids is 1. The van der Waals surface area contributed by atoms with Crippen LogP contribution in [0.1, 0.15) is 24.2 Å². The van der Waals surface area contributed by atoms with Gasteiger partial charge in [-0.1, -0.05) is 6.07 Å². The molecule has 0 N–H and O–H groups in total. The molecule has 1 aliphatic heterocycles. The van der Waals surface area contributed by atoms with Crippen molar-refractivity contribution in [2.75, 3.05) is 13.2 Å². The highest BCUT2D eigenvalue weighted by Gasteiger charge is 2.30. The summed E-state index contributed by atoms with van der Waals surface area (Å²) in [7, 11) is 0. The van der Waals surface area contributed by atoms with Gasteiger partial charge in [-0.05, 0) is 35.8 Å². The van der Waals surface area contributed by atoms with Crippen molar-refractivity contribution in [1.29, 1.82) is 0 Å². The molecule has 0 saturated carbocycles. The Bertz CT molecular complexity index is 549. The minimum atomic E-state index is -0.508. The number of nitrogens with zero attached hydrogens (tertiary/aromatic N) is 2. The number of morpholine rings is 1. The highest BCUT2D eigenvalue weighted by atomic mass is 79.9. The van der Waals surface area contributed by atoms with Crippen LogP contribution in [-0.2, 0) is 4.74 Å². The molecule has 1 aromatic carbocycles. The van der Waals surface area contributed by atoms with Crippen molar-refractivity contribution in [2.24, 2.45) is 0 Å². The van der Waals surface area contributed by atoms with Crippen molar-refractivity contribution in [3.8, 4) is 0 Å². The SMILES string of the molecule is CC1CN(C(=O)c2cccc([N+](=O)[O-])c2Br)C(C)CO1. The average molecular weight is 343 g/mol. The number of amides is 1. The van der Waals surface area contributed by atoms with E-state index in [4.69, 9.17) is 4.74 Å². The maximum atomic E-state index is 12.6. The van der Waals surface area contributed by atoms with Gasteiger partial charge in [0.05, 0.1) is 29.2 Å². The zero-order valence-electron chi connectivity index (χ0n) is 11.2. The van der Waals surface area contributed by atoms with Crippen molar-refractivity contribution in [3.63, 3.8) is 0 Å². The van der Waals surface area contributed by atoms with E-state index in [9.17, 15) is 14.9 Å². The largest absolute Gasteiger partial charge is 0.375 e. The molecule has 1 fully saturated rings. The van der Waals surface area contributed by atoms with E-state index in [-0.39, 0.29) is 28.2 Å². The Labute approximate surface area is 125 Å². The van der Waals surface area contributed by atoms with Crippen molar-refractivity contribution in [2.45, 2.75) is 26.0 Å². The minimum Gasteiger partial charge on any atom is -0.375 e. The van der Waals surface area contributed by atoms with Crippen LogP contribution in [0, 0.1) is 10.1 Å². The normalized spacial score (nSPS) is 22.6. The molecule has 0 spiro atoms. The van der Waals surface area contributed by atoms with Crippen LogP contribution in [0.3, 0.4) is 0 Å². The molecule has 2 rings (SSSR count). The summed E-state index contributed by atoms with van der Waals surface area (Å²) in [4.78, 5) is 24.7. The van der Waals surface area contributed by atoms with E-state index >= 15 is 0 Å². The molecule has 6 nitrogen and oxygen atoms in total. The van der Waals surface area contributed by atoms with Crippen LogP contribution in [0.4, 0.5) is 5.69 Å². The predicted molar refractivity (Wildman–Crippen MR) is 76.7 cm³/mol. The number of benzene rings is 1. The molecule has 20 heavy (non-hydrogen) atoms. The first-order valence-corrected chi connectivity index (χ1v) is 7.06. The molecule has 7 heteroatoms. The molecular formula is C13H15BrN2O4. The van der Waals surface area contributed by atoms with E-state index in [2.05, 4.69) is 15.9 Å². The zero-order chi connectivity index (χ0) is 14.9. The number of rotatable bonds is 2. The monoisotopic (exact) mass is 342 g/mol. The van der Waals surface area contributed by atoms with E-state index in [1.807, 2.05) is 13.8 Å². The van der Waals surface area contributed by atoms with Crippen LogP contribution in [0.2, 0.25) is 0 Å². The first-order chi connectivity index (χ1) is 9.41. The topological polar surface area (TPSA) is 72.7 Å². The van der Waals surface area contributed by atoms with Crippen LogP contribution in [0.5, 0.6) is 0 Å². The van der Waals surface area contributed by atoms with E-state index in [1.165, 1.54) is 12.1 Å². The lowest BCUT2D eigenvalue weighted by molar-refractivity contribution is -0.385. The van der Waals surface area contributed by atoms with E-state index in [1.54, 1.807) is 11.0 Å². The standard InChI is InChI=1S/C13H15BrN2O4/c1-8-7-20-9(2)6-15(8)13(17)10-4-3-5-11(12(10)14)16(18)19/h3-5,8-9H,6-7H2,1-2H3. The zero-order valence-corrected chi connectivity index (χ0v) is 12.8. The van der Waals surface area contributed by atoms with Gasteiger partial charge in [-0.3, -0.25) is 14.9 Å². The highest BCUT2D eigenvalue weighted by Crippen LogP contribution is 2.30. The lowest BCUT2D eigenvalue weighted by atomic mass is 10.1. The van der Waals surface area contributed by atoms with Crippen molar-refractivity contribution in [1.82, 2.24) is 4.90 Å². The fraction of sp³-hybridized carbons (Fsp3) is 0.462. The van der Waals surface area contributed by atoms with Crippen LogP contribution < -0.4 is 0 Å². The Balaban J connectivity index is 2.33. The third kappa shape index (κ3) is 2.83. The molecule has 2 unspecified atom stereocenters. The molecule has 1 aliphatic rings. The molecule has 0 bridgehead atoms. The van der Waals surface area contributed by atoms with E-state index < -0.39 is 4.92 Å². The van der Waals surface area contributed by atoms with Gasteiger partial charge in [0, 0.05) is 12.6 Å². The summed E-state index contributed by atoms with van der Waals surface area (Å²) in [6.45, 7) is 4.75. The second-order valence-corrected chi connectivity index (χ2v) is 5.64. The maximum Gasteiger partial charge on any atom is 0.284 e. The Morgan fingerprint density at radius 1 is 1.50 bits per heavy atom. The molecule has 2 atom stereocenters. The van der Waals surface area contributed by atoms with Crippen LogP contribution in [-0.4, -0.2) is 41.0 Å². The number of carbonyl (C=O) groups is 1. The van der Waals surface area contributed by atoms with Gasteiger partial charge in [0.25, 0.3) is 11.6 Å². The van der Waals surface area contributed by atoms with Gasteiger partial charge in [0.15, 0.2) is 0 Å². The first kappa shape index (κ1) is 14.9. The fourth-order valence-corrected chi connectivity index (χ4v) is 2.75. The van der Waals surface area contributed by atoms with E-state index in [0.717, 1.165) is 0 Å².